The van der Waals surface area contributed by atoms with E-state index in [0.717, 1.165) is 37.4 Å². The largest absolute Gasteiger partial charge is 0.342 e. The van der Waals surface area contributed by atoms with Gasteiger partial charge >= 0.3 is 0 Å². The first-order chi connectivity index (χ1) is 13.5. The molecule has 152 valence electrons. The van der Waals surface area contributed by atoms with E-state index < -0.39 is 0 Å². The highest BCUT2D eigenvalue weighted by atomic mass is 32.2. The molecule has 1 N–H and O–H groups in total. The lowest BCUT2D eigenvalue weighted by molar-refractivity contribution is -0.890. The van der Waals surface area contributed by atoms with Crippen molar-refractivity contribution in [3.63, 3.8) is 0 Å². The van der Waals surface area contributed by atoms with Crippen LogP contribution in [0.2, 0.25) is 0 Å². The fourth-order valence-electron chi connectivity index (χ4n) is 3.28. The van der Waals surface area contributed by atoms with Gasteiger partial charge in [-0.15, -0.1) is 10.2 Å². The van der Waals surface area contributed by atoms with E-state index in [1.165, 1.54) is 41.6 Å². The molecular formula is C20H29FN5OS+. The monoisotopic (exact) mass is 406 g/mol. The molecule has 1 amide bonds. The molecule has 8 heteroatoms. The zero-order valence-corrected chi connectivity index (χ0v) is 17.6. The van der Waals surface area contributed by atoms with Crippen LogP contribution in [0.3, 0.4) is 0 Å². The molecule has 1 saturated heterocycles. The summed E-state index contributed by atoms with van der Waals surface area (Å²) in [5, 5.41) is 9.41. The van der Waals surface area contributed by atoms with E-state index in [4.69, 9.17) is 0 Å². The molecule has 0 unspecified atom stereocenters. The summed E-state index contributed by atoms with van der Waals surface area (Å²) in [6, 6.07) is 6.42. The topological polar surface area (TPSA) is 55.5 Å². The summed E-state index contributed by atoms with van der Waals surface area (Å²) in [6.45, 7) is 3.77. The molecule has 0 bridgehead atoms. The Morgan fingerprint density at radius 3 is 2.39 bits per heavy atom. The molecule has 28 heavy (non-hydrogen) atoms. The molecule has 2 heterocycles. The third-order valence-corrected chi connectivity index (χ3v) is 6.19. The minimum absolute atomic E-state index is 0.105. The summed E-state index contributed by atoms with van der Waals surface area (Å²) in [6.07, 6.45) is 4.55. The molecule has 0 spiro atoms. The van der Waals surface area contributed by atoms with Gasteiger partial charge in [-0.2, -0.15) is 0 Å². The van der Waals surface area contributed by atoms with Crippen molar-refractivity contribution in [1.82, 2.24) is 19.7 Å². The highest BCUT2D eigenvalue weighted by molar-refractivity contribution is 7.99. The molecule has 0 aliphatic carbocycles. The summed E-state index contributed by atoms with van der Waals surface area (Å²) in [5.41, 5.74) is 0.805. The van der Waals surface area contributed by atoms with Crippen LogP contribution in [-0.2, 0) is 4.79 Å². The number of hydrogen-bond donors (Lipinski definition) is 1. The first kappa shape index (κ1) is 20.8. The van der Waals surface area contributed by atoms with Crippen molar-refractivity contribution in [2.45, 2.75) is 43.8 Å². The number of quaternary nitrogens is 1. The maximum absolute atomic E-state index is 13.4. The molecule has 1 aromatic carbocycles. The lowest BCUT2D eigenvalue weighted by Gasteiger charge is -2.20. The maximum atomic E-state index is 13.4. The number of amides is 1. The van der Waals surface area contributed by atoms with Gasteiger partial charge in [-0.1, -0.05) is 24.6 Å². The predicted molar refractivity (Wildman–Crippen MR) is 108 cm³/mol. The van der Waals surface area contributed by atoms with Crippen LogP contribution in [0.25, 0.3) is 5.69 Å². The average molecular weight is 407 g/mol. The number of aromatic nitrogens is 3. The van der Waals surface area contributed by atoms with Crippen LogP contribution in [0.4, 0.5) is 4.39 Å². The van der Waals surface area contributed by atoms with Gasteiger partial charge in [0.15, 0.2) is 11.0 Å². The molecule has 6 nitrogen and oxygen atoms in total. The molecule has 1 fully saturated rings. The van der Waals surface area contributed by atoms with E-state index in [9.17, 15) is 9.18 Å². The quantitative estimate of drug-likeness (QED) is 0.747. The van der Waals surface area contributed by atoms with Gasteiger partial charge in [0, 0.05) is 18.8 Å². The van der Waals surface area contributed by atoms with Gasteiger partial charge in [-0.25, -0.2) is 4.39 Å². The molecule has 0 saturated carbocycles. The van der Waals surface area contributed by atoms with E-state index in [1.807, 2.05) is 9.47 Å². The Labute approximate surface area is 170 Å². The number of halogens is 1. The van der Waals surface area contributed by atoms with Crippen LogP contribution < -0.4 is 4.90 Å². The Morgan fingerprint density at radius 2 is 1.79 bits per heavy atom. The Hall–Kier alpha value is -1.93. The molecule has 3 rings (SSSR count). The first-order valence-electron chi connectivity index (χ1n) is 9.89. The fourth-order valence-corrected chi connectivity index (χ4v) is 4.15. The van der Waals surface area contributed by atoms with Gasteiger partial charge in [0.1, 0.15) is 11.9 Å². The average Bonchev–Trinajstić information content (AvgIpc) is 2.91. The van der Waals surface area contributed by atoms with Crippen LogP contribution in [0, 0.1) is 5.82 Å². The molecule has 1 atom stereocenters. The molecule has 2 aromatic rings. The zero-order chi connectivity index (χ0) is 20.1. The highest BCUT2D eigenvalue weighted by Gasteiger charge is 2.24. The third kappa shape index (κ3) is 4.91. The Bertz CT molecular complexity index is 784. The van der Waals surface area contributed by atoms with Crippen LogP contribution in [0.5, 0.6) is 0 Å². The summed E-state index contributed by atoms with van der Waals surface area (Å²) in [4.78, 5) is 15.8. The van der Waals surface area contributed by atoms with Gasteiger partial charge in [0.2, 0.25) is 5.91 Å². The minimum Gasteiger partial charge on any atom is -0.342 e. The van der Waals surface area contributed by atoms with Crippen LogP contribution >= 0.6 is 11.8 Å². The van der Waals surface area contributed by atoms with E-state index >= 15 is 0 Å². The summed E-state index contributed by atoms with van der Waals surface area (Å²) in [5.74, 6) is 1.00. The Balaban J connectivity index is 1.82. The zero-order valence-electron chi connectivity index (χ0n) is 16.8. The third-order valence-electron chi connectivity index (χ3n) is 5.28. The Morgan fingerprint density at radius 1 is 1.14 bits per heavy atom. The van der Waals surface area contributed by atoms with E-state index in [1.54, 1.807) is 12.1 Å². The van der Waals surface area contributed by atoms with Crippen molar-refractivity contribution < 1.29 is 14.1 Å². The predicted octanol–water partition coefficient (Wildman–Crippen LogP) is 2.11. The number of hydrogen-bond acceptors (Lipinski definition) is 4. The van der Waals surface area contributed by atoms with Crippen molar-refractivity contribution in [1.29, 1.82) is 0 Å². The first-order valence-corrected chi connectivity index (χ1v) is 10.9. The number of rotatable bonds is 6. The van der Waals surface area contributed by atoms with E-state index in [-0.39, 0.29) is 17.8 Å². The normalized spacial score (nSPS) is 16.2. The van der Waals surface area contributed by atoms with Crippen molar-refractivity contribution in [3.05, 3.63) is 35.9 Å². The maximum Gasteiger partial charge on any atom is 0.233 e. The second-order valence-electron chi connectivity index (χ2n) is 7.54. The van der Waals surface area contributed by atoms with Gasteiger partial charge < -0.3 is 9.80 Å². The van der Waals surface area contributed by atoms with Crippen LogP contribution in [0.15, 0.2) is 29.4 Å². The van der Waals surface area contributed by atoms with Gasteiger partial charge in [-0.3, -0.25) is 9.36 Å². The summed E-state index contributed by atoms with van der Waals surface area (Å²) >= 11 is 1.40. The SMILES string of the molecule is C[C@H](c1nnc(SCC(=O)N2CCCCCC2)n1-c1ccc(F)cc1)[NH+](C)C. The van der Waals surface area contributed by atoms with Gasteiger partial charge in [0.25, 0.3) is 0 Å². The van der Waals surface area contributed by atoms with Crippen molar-refractivity contribution in [2.75, 3.05) is 32.9 Å². The van der Waals surface area contributed by atoms with Gasteiger partial charge in [-0.05, 0) is 44.0 Å². The summed E-state index contributed by atoms with van der Waals surface area (Å²) < 4.78 is 15.4. The molecule has 1 aromatic heterocycles. The second-order valence-corrected chi connectivity index (χ2v) is 8.48. The Kier molecular flexibility index (Phi) is 7.07. The number of nitrogens with zero attached hydrogens (tertiary/aromatic N) is 4. The molecular weight excluding hydrogens is 377 g/mol. The lowest BCUT2D eigenvalue weighted by atomic mass is 10.2. The van der Waals surface area contributed by atoms with Crippen molar-refractivity contribution >= 4 is 17.7 Å². The molecule has 1 aliphatic heterocycles. The number of thioether (sulfide) groups is 1. The minimum atomic E-state index is -0.282. The number of carbonyl (C=O) groups is 1. The van der Waals surface area contributed by atoms with E-state index in [2.05, 4.69) is 31.2 Å². The number of likely N-dealkylation sites (tertiary alicyclic amines) is 1. The number of carbonyl (C=O) groups excluding carboxylic acids is 1. The molecule has 1 aliphatic rings. The molecule has 0 radical (unpaired) electrons. The van der Waals surface area contributed by atoms with Crippen LogP contribution in [0.1, 0.15) is 44.5 Å². The fraction of sp³-hybridized carbons (Fsp3) is 0.550. The van der Waals surface area contributed by atoms with Gasteiger partial charge in [0.05, 0.1) is 19.8 Å². The van der Waals surface area contributed by atoms with E-state index in [0.29, 0.717) is 10.9 Å². The van der Waals surface area contributed by atoms with Crippen LogP contribution in [-0.4, -0.2) is 58.5 Å². The number of benzene rings is 1. The second kappa shape index (κ2) is 9.52. The van der Waals surface area contributed by atoms with Crippen molar-refractivity contribution in [3.8, 4) is 5.69 Å². The van der Waals surface area contributed by atoms with Crippen molar-refractivity contribution in [2.24, 2.45) is 0 Å². The highest BCUT2D eigenvalue weighted by Crippen LogP contribution is 2.25. The summed E-state index contributed by atoms with van der Waals surface area (Å²) in [7, 11) is 4.12. The number of nitrogens with one attached hydrogen (secondary N) is 1. The smallest absolute Gasteiger partial charge is 0.233 e. The standard InChI is InChI=1S/C20H28FN5OS/c1-15(24(2)3)19-22-23-20(26(19)17-10-8-16(21)9-11-17)28-14-18(27)25-12-6-4-5-7-13-25/h8-11,15H,4-7,12-14H2,1-3H3/p+1/t15-/m1/s1. The lowest BCUT2D eigenvalue weighted by Crippen LogP contribution is -3.05.